The van der Waals surface area contributed by atoms with Crippen LogP contribution in [0, 0.1) is 0 Å². The molecule has 1 rings (SSSR count). The minimum atomic E-state index is -0.944. The zero-order valence-electron chi connectivity index (χ0n) is 11.8. The summed E-state index contributed by atoms with van der Waals surface area (Å²) >= 11 is 0. The number of carbonyl (C=O) groups excluding carboxylic acids is 2. The van der Waals surface area contributed by atoms with Gasteiger partial charge in [0.1, 0.15) is 5.75 Å². The summed E-state index contributed by atoms with van der Waals surface area (Å²) in [6.45, 7) is 3.67. The van der Waals surface area contributed by atoms with Gasteiger partial charge in [-0.15, -0.1) is 0 Å². The normalized spacial score (nSPS) is 13.3. The van der Waals surface area contributed by atoms with E-state index < -0.39 is 11.4 Å². The van der Waals surface area contributed by atoms with Crippen LogP contribution in [0.3, 0.4) is 0 Å². The van der Waals surface area contributed by atoms with Crippen LogP contribution in [-0.4, -0.2) is 24.0 Å². The van der Waals surface area contributed by atoms with E-state index in [2.05, 4.69) is 5.32 Å². The van der Waals surface area contributed by atoms with Crippen LogP contribution in [0.15, 0.2) is 24.3 Å². The van der Waals surface area contributed by atoms with Crippen LogP contribution < -0.4 is 21.5 Å². The monoisotopic (exact) mass is 279 g/mol. The molecule has 1 aromatic carbocycles. The molecule has 0 aliphatic rings. The van der Waals surface area contributed by atoms with Crippen molar-refractivity contribution >= 4 is 17.5 Å². The molecule has 0 saturated carbocycles. The van der Waals surface area contributed by atoms with Crippen LogP contribution in [0.25, 0.3) is 0 Å². The lowest BCUT2D eigenvalue weighted by Crippen LogP contribution is -2.47. The van der Waals surface area contributed by atoms with Crippen LogP contribution in [-0.2, 0) is 9.59 Å². The van der Waals surface area contributed by atoms with Crippen molar-refractivity contribution in [2.75, 3.05) is 11.9 Å². The van der Waals surface area contributed by atoms with E-state index in [9.17, 15) is 9.59 Å². The molecular weight excluding hydrogens is 258 g/mol. The van der Waals surface area contributed by atoms with Crippen molar-refractivity contribution in [3.8, 4) is 5.75 Å². The van der Waals surface area contributed by atoms with Gasteiger partial charge in [-0.2, -0.15) is 0 Å². The molecule has 0 radical (unpaired) electrons. The maximum absolute atomic E-state index is 12.0. The third-order valence-corrected chi connectivity index (χ3v) is 2.99. The molecule has 20 heavy (non-hydrogen) atoms. The van der Waals surface area contributed by atoms with E-state index in [0.29, 0.717) is 17.9 Å². The Morgan fingerprint density at radius 3 is 2.60 bits per heavy atom. The number of nitrogens with one attached hydrogen (secondary N) is 1. The Bertz CT molecular complexity index is 486. The maximum Gasteiger partial charge on any atom is 0.244 e. The number of benzene rings is 1. The SMILES string of the molecule is CCC(C)(N)C(=O)Nc1ccccc1OCCC(N)=O. The minimum Gasteiger partial charge on any atom is -0.491 e. The molecule has 6 heteroatoms. The number of primary amides is 1. The summed E-state index contributed by atoms with van der Waals surface area (Å²) in [5.41, 5.74) is 10.5. The van der Waals surface area contributed by atoms with E-state index >= 15 is 0 Å². The molecule has 6 nitrogen and oxygen atoms in total. The predicted molar refractivity (Wildman–Crippen MR) is 77.3 cm³/mol. The lowest BCUT2D eigenvalue weighted by Gasteiger charge is -2.22. The number of hydrogen-bond donors (Lipinski definition) is 3. The Labute approximate surface area is 118 Å². The van der Waals surface area contributed by atoms with E-state index in [4.69, 9.17) is 16.2 Å². The first-order valence-corrected chi connectivity index (χ1v) is 6.47. The lowest BCUT2D eigenvalue weighted by molar-refractivity contribution is -0.121. The van der Waals surface area contributed by atoms with Gasteiger partial charge in [-0.1, -0.05) is 19.1 Å². The summed E-state index contributed by atoms with van der Waals surface area (Å²) in [4.78, 5) is 22.7. The quantitative estimate of drug-likeness (QED) is 0.692. The summed E-state index contributed by atoms with van der Waals surface area (Å²) in [7, 11) is 0. The topological polar surface area (TPSA) is 107 Å². The number of nitrogens with two attached hydrogens (primary N) is 2. The van der Waals surface area contributed by atoms with Gasteiger partial charge in [-0.25, -0.2) is 0 Å². The van der Waals surface area contributed by atoms with Crippen molar-refractivity contribution in [3.63, 3.8) is 0 Å². The van der Waals surface area contributed by atoms with Crippen molar-refractivity contribution < 1.29 is 14.3 Å². The van der Waals surface area contributed by atoms with Crippen LogP contribution >= 0.6 is 0 Å². The van der Waals surface area contributed by atoms with Crippen molar-refractivity contribution in [1.29, 1.82) is 0 Å². The molecule has 1 aromatic rings. The zero-order chi connectivity index (χ0) is 15.2. The van der Waals surface area contributed by atoms with Gasteiger partial charge in [-0.05, 0) is 25.5 Å². The van der Waals surface area contributed by atoms with E-state index in [-0.39, 0.29) is 18.9 Å². The second kappa shape index (κ2) is 6.91. The Hall–Kier alpha value is -2.08. The number of rotatable bonds is 7. The summed E-state index contributed by atoms with van der Waals surface area (Å²) in [5, 5.41) is 2.73. The Kier molecular flexibility index (Phi) is 5.52. The van der Waals surface area contributed by atoms with Crippen molar-refractivity contribution in [3.05, 3.63) is 24.3 Å². The first-order chi connectivity index (χ1) is 9.36. The molecule has 0 saturated heterocycles. The molecule has 0 bridgehead atoms. The highest BCUT2D eigenvalue weighted by atomic mass is 16.5. The van der Waals surface area contributed by atoms with Gasteiger partial charge in [0.15, 0.2) is 0 Å². The van der Waals surface area contributed by atoms with Gasteiger partial charge in [0.2, 0.25) is 11.8 Å². The van der Waals surface area contributed by atoms with Crippen LogP contribution in [0.4, 0.5) is 5.69 Å². The summed E-state index contributed by atoms with van der Waals surface area (Å²) in [5.74, 6) is -0.244. The molecule has 0 aliphatic heterocycles. The van der Waals surface area contributed by atoms with E-state index in [0.717, 1.165) is 0 Å². The zero-order valence-corrected chi connectivity index (χ0v) is 11.8. The molecule has 110 valence electrons. The van der Waals surface area contributed by atoms with E-state index in [1.165, 1.54) is 0 Å². The summed E-state index contributed by atoms with van der Waals surface area (Å²) < 4.78 is 5.44. The Morgan fingerprint density at radius 1 is 1.35 bits per heavy atom. The van der Waals surface area contributed by atoms with Gasteiger partial charge >= 0.3 is 0 Å². The van der Waals surface area contributed by atoms with Gasteiger partial charge in [0, 0.05) is 0 Å². The Morgan fingerprint density at radius 2 is 2.00 bits per heavy atom. The lowest BCUT2D eigenvalue weighted by atomic mass is 9.99. The largest absolute Gasteiger partial charge is 0.491 e. The number of para-hydroxylation sites is 2. The predicted octanol–water partition coefficient (Wildman–Crippen LogP) is 1.01. The molecule has 0 spiro atoms. The summed E-state index contributed by atoms with van der Waals surface area (Å²) in [6.07, 6.45) is 0.634. The number of ether oxygens (including phenoxy) is 1. The molecule has 1 unspecified atom stereocenters. The summed E-state index contributed by atoms with van der Waals surface area (Å²) in [6, 6.07) is 6.97. The number of anilines is 1. The fourth-order valence-corrected chi connectivity index (χ4v) is 1.38. The van der Waals surface area contributed by atoms with Crippen molar-refractivity contribution in [1.82, 2.24) is 0 Å². The average Bonchev–Trinajstić information content (AvgIpc) is 2.40. The smallest absolute Gasteiger partial charge is 0.244 e. The second-order valence-electron chi connectivity index (χ2n) is 4.79. The first kappa shape index (κ1) is 16.0. The van der Waals surface area contributed by atoms with Crippen molar-refractivity contribution in [2.45, 2.75) is 32.2 Å². The second-order valence-corrected chi connectivity index (χ2v) is 4.79. The minimum absolute atomic E-state index is 0.117. The van der Waals surface area contributed by atoms with Gasteiger partial charge in [0.25, 0.3) is 0 Å². The van der Waals surface area contributed by atoms with E-state index in [1.54, 1.807) is 31.2 Å². The highest BCUT2D eigenvalue weighted by Crippen LogP contribution is 2.25. The molecule has 0 heterocycles. The van der Waals surface area contributed by atoms with Crippen LogP contribution in [0.5, 0.6) is 5.75 Å². The average molecular weight is 279 g/mol. The standard InChI is InChI=1S/C14H21N3O3/c1-3-14(2,16)13(19)17-10-6-4-5-7-11(10)20-9-8-12(15)18/h4-7H,3,8-9,16H2,1-2H3,(H2,15,18)(H,17,19). The molecule has 2 amide bonds. The van der Waals surface area contributed by atoms with Gasteiger partial charge in [0.05, 0.1) is 24.3 Å². The molecule has 0 aromatic heterocycles. The molecule has 0 fully saturated rings. The molecular formula is C14H21N3O3. The fraction of sp³-hybridized carbons (Fsp3) is 0.429. The first-order valence-electron chi connectivity index (χ1n) is 6.47. The third-order valence-electron chi connectivity index (χ3n) is 2.99. The number of carbonyl (C=O) groups is 2. The van der Waals surface area contributed by atoms with Crippen molar-refractivity contribution in [2.24, 2.45) is 11.5 Å². The highest BCUT2D eigenvalue weighted by molar-refractivity contribution is 5.98. The highest BCUT2D eigenvalue weighted by Gasteiger charge is 2.26. The molecule has 5 N–H and O–H groups in total. The van der Waals surface area contributed by atoms with Gasteiger partial charge in [-0.3, -0.25) is 9.59 Å². The maximum atomic E-state index is 12.0. The van der Waals surface area contributed by atoms with Gasteiger partial charge < -0.3 is 21.5 Å². The Balaban J connectivity index is 2.75. The molecule has 0 aliphatic carbocycles. The van der Waals surface area contributed by atoms with Crippen LogP contribution in [0.2, 0.25) is 0 Å². The van der Waals surface area contributed by atoms with Crippen LogP contribution in [0.1, 0.15) is 26.7 Å². The van der Waals surface area contributed by atoms with E-state index in [1.807, 2.05) is 6.92 Å². The third kappa shape index (κ3) is 4.55. The number of hydrogen-bond acceptors (Lipinski definition) is 4. The number of amides is 2. The fourth-order valence-electron chi connectivity index (χ4n) is 1.38. The molecule has 1 atom stereocenters.